The quantitative estimate of drug-likeness (QED) is 0.204. The van der Waals surface area contributed by atoms with Crippen LogP contribution in [0.2, 0.25) is 0 Å². The molecule has 0 bridgehead atoms. The van der Waals surface area contributed by atoms with Gasteiger partial charge in [0.2, 0.25) is 11.7 Å². The van der Waals surface area contributed by atoms with Gasteiger partial charge in [0, 0.05) is 34.7 Å². The molecule has 4 rings (SSSR count). The van der Waals surface area contributed by atoms with Crippen molar-refractivity contribution in [2.24, 2.45) is 5.92 Å². The number of halogens is 5. The topological polar surface area (TPSA) is 108 Å². The van der Waals surface area contributed by atoms with E-state index in [4.69, 9.17) is 18.9 Å². The summed E-state index contributed by atoms with van der Waals surface area (Å²) in [5.41, 5.74) is -1.99. The number of amides is 2. The molecule has 1 aliphatic heterocycles. The van der Waals surface area contributed by atoms with Gasteiger partial charge in [-0.25, -0.2) is 9.18 Å². The Kier molecular flexibility index (Phi) is 11.6. The Morgan fingerprint density at radius 2 is 1.69 bits per heavy atom. The highest BCUT2D eigenvalue weighted by Crippen LogP contribution is 2.59. The summed E-state index contributed by atoms with van der Waals surface area (Å²) in [6.07, 6.45) is -7.05. The van der Waals surface area contributed by atoms with Gasteiger partial charge in [-0.05, 0) is 60.1 Å². The Labute approximate surface area is 294 Å². The number of hydrogen-bond donors (Lipinski definition) is 2. The molecule has 0 saturated carbocycles. The maximum atomic E-state index is 15.0. The minimum Gasteiger partial charge on any atom is -0.493 e. The van der Waals surface area contributed by atoms with Gasteiger partial charge in [0.05, 0.1) is 18.8 Å². The van der Waals surface area contributed by atoms with E-state index in [1.165, 1.54) is 26.0 Å². The third-order valence-electron chi connectivity index (χ3n) is 8.99. The largest absolute Gasteiger partial charge is 0.493 e. The predicted molar refractivity (Wildman–Crippen MR) is 178 cm³/mol. The van der Waals surface area contributed by atoms with E-state index in [2.05, 4.69) is 15.6 Å². The highest BCUT2D eigenvalue weighted by molar-refractivity contribution is 5.85. The lowest BCUT2D eigenvalue weighted by molar-refractivity contribution is -0.275. The van der Waals surface area contributed by atoms with Gasteiger partial charge in [-0.2, -0.15) is 17.6 Å². The lowest BCUT2D eigenvalue weighted by Crippen LogP contribution is -2.47. The molecule has 0 unspecified atom stereocenters. The Bertz CT molecular complexity index is 1730. The first-order chi connectivity index (χ1) is 23.7. The van der Waals surface area contributed by atoms with Gasteiger partial charge in [0.25, 0.3) is 0 Å². The molecule has 3 aromatic rings. The molecule has 2 heterocycles. The number of methoxy groups -OCH3 is 1. The Hall–Kier alpha value is -4.46. The van der Waals surface area contributed by atoms with Gasteiger partial charge in [-0.15, -0.1) is 0 Å². The molecule has 278 valence electrons. The van der Waals surface area contributed by atoms with Crippen LogP contribution in [0.1, 0.15) is 94.6 Å². The van der Waals surface area contributed by atoms with E-state index >= 15 is 0 Å². The van der Waals surface area contributed by atoms with Crippen molar-refractivity contribution in [3.8, 4) is 11.5 Å². The summed E-state index contributed by atoms with van der Waals surface area (Å²) in [5, 5.41) is 5.32. The number of carbonyl (C=O) groups excluding carboxylic acids is 2. The summed E-state index contributed by atoms with van der Waals surface area (Å²) in [5.74, 6) is -5.97. The van der Waals surface area contributed by atoms with E-state index in [-0.39, 0.29) is 23.6 Å². The third-order valence-corrected chi connectivity index (χ3v) is 8.99. The van der Waals surface area contributed by atoms with Crippen LogP contribution in [0.15, 0.2) is 48.5 Å². The molecule has 1 saturated heterocycles. The number of benzene rings is 2. The van der Waals surface area contributed by atoms with Crippen LogP contribution in [0.5, 0.6) is 11.5 Å². The van der Waals surface area contributed by atoms with Gasteiger partial charge in [0.15, 0.2) is 17.2 Å². The smallest absolute Gasteiger partial charge is 0.417 e. The standard InChI is InChI=1S/C37H44F5N3O6/c1-19-28(24-15-16-25(38)30(39)31(24)48-9)32(50-36(19,8)37(40,41)42)26-17-27(49-18-23-13-11-10-12-14-23)29(20(2)43-26)21(3)44-33(46)22(4)45-34(47)51-35(5,6)7/h10-17,19,21-22,28,32H,18H2,1-9H3,(H,44,46)(H,45,47)/t19-,21-,22-,28-,32-,36+/m0/s1. The van der Waals surface area contributed by atoms with E-state index in [0.29, 0.717) is 11.3 Å². The molecule has 6 atom stereocenters. The van der Waals surface area contributed by atoms with Crippen molar-refractivity contribution in [2.75, 3.05) is 7.11 Å². The SMILES string of the molecule is COc1c([C@H]2[C@H](c3cc(OCc4ccccc4)c([C@H](C)NC(=O)[C@H](C)NC(=O)OC(C)(C)C)c(C)n3)O[C@@](C)(C(F)(F)F)[C@H]2C)ccc(F)c1F. The molecule has 1 fully saturated rings. The second kappa shape index (κ2) is 15.0. The van der Waals surface area contributed by atoms with Crippen molar-refractivity contribution < 1.29 is 50.5 Å². The average Bonchev–Trinajstić information content (AvgIpc) is 3.31. The van der Waals surface area contributed by atoms with Gasteiger partial charge >= 0.3 is 12.3 Å². The summed E-state index contributed by atoms with van der Waals surface area (Å²) in [6.45, 7) is 12.1. The van der Waals surface area contributed by atoms with Crippen molar-refractivity contribution >= 4 is 12.0 Å². The van der Waals surface area contributed by atoms with E-state index in [1.54, 1.807) is 34.6 Å². The number of alkyl carbamates (subject to hydrolysis) is 1. The van der Waals surface area contributed by atoms with Crippen LogP contribution in [-0.2, 0) is 20.9 Å². The van der Waals surface area contributed by atoms with E-state index in [0.717, 1.165) is 25.7 Å². The Balaban J connectivity index is 1.79. The molecule has 0 radical (unpaired) electrons. The summed E-state index contributed by atoms with van der Waals surface area (Å²) >= 11 is 0. The zero-order chi connectivity index (χ0) is 38.1. The fourth-order valence-corrected chi connectivity index (χ4v) is 6.23. The third kappa shape index (κ3) is 8.54. The van der Waals surface area contributed by atoms with Gasteiger partial charge < -0.3 is 29.6 Å². The monoisotopic (exact) mass is 721 g/mol. The number of ether oxygens (including phenoxy) is 4. The van der Waals surface area contributed by atoms with Crippen LogP contribution in [0, 0.1) is 24.5 Å². The van der Waals surface area contributed by atoms with Gasteiger partial charge in [-0.3, -0.25) is 9.78 Å². The fraction of sp³-hybridized carbons (Fsp3) is 0.486. The summed E-state index contributed by atoms with van der Waals surface area (Å²) in [7, 11) is 1.10. The average molecular weight is 722 g/mol. The second-order valence-electron chi connectivity index (χ2n) is 13.9. The highest BCUT2D eigenvalue weighted by atomic mass is 19.4. The molecule has 1 aromatic heterocycles. The number of nitrogens with zero attached hydrogens (tertiary/aromatic N) is 1. The zero-order valence-corrected chi connectivity index (χ0v) is 30.0. The molecule has 2 aromatic carbocycles. The molecule has 0 aliphatic carbocycles. The number of carbonyl (C=O) groups is 2. The number of aryl methyl sites for hydroxylation is 1. The molecule has 1 aliphatic rings. The number of pyridine rings is 1. The minimum absolute atomic E-state index is 0.0238. The van der Waals surface area contributed by atoms with E-state index in [1.807, 2.05) is 30.3 Å². The molecular formula is C37H44F5N3O6. The van der Waals surface area contributed by atoms with Crippen LogP contribution >= 0.6 is 0 Å². The molecular weight excluding hydrogens is 677 g/mol. The first kappa shape index (κ1) is 39.3. The van der Waals surface area contributed by atoms with Crippen LogP contribution in [0.3, 0.4) is 0 Å². The molecule has 2 amide bonds. The maximum absolute atomic E-state index is 15.0. The highest BCUT2D eigenvalue weighted by Gasteiger charge is 2.65. The number of hydrogen-bond acceptors (Lipinski definition) is 7. The molecule has 2 N–H and O–H groups in total. The van der Waals surface area contributed by atoms with Crippen molar-refractivity contribution in [3.63, 3.8) is 0 Å². The molecule has 51 heavy (non-hydrogen) atoms. The van der Waals surface area contributed by atoms with E-state index < -0.39 is 76.8 Å². The van der Waals surface area contributed by atoms with Crippen LogP contribution in [-0.4, -0.2) is 47.5 Å². The number of alkyl halides is 3. The van der Waals surface area contributed by atoms with Crippen molar-refractivity contribution in [3.05, 3.63) is 88.2 Å². The summed E-state index contributed by atoms with van der Waals surface area (Å²) in [6, 6.07) is 10.8. The van der Waals surface area contributed by atoms with Gasteiger partial charge in [0.1, 0.15) is 30.1 Å². The molecule has 14 heteroatoms. The lowest BCUT2D eigenvalue weighted by Gasteiger charge is -2.32. The molecule has 0 spiro atoms. The normalized spacial score (nSPS) is 21.8. The second-order valence-corrected chi connectivity index (χ2v) is 13.9. The maximum Gasteiger partial charge on any atom is 0.417 e. The number of rotatable bonds is 10. The first-order valence-corrected chi connectivity index (χ1v) is 16.4. The van der Waals surface area contributed by atoms with Crippen molar-refractivity contribution in [1.29, 1.82) is 0 Å². The Morgan fingerprint density at radius 3 is 2.27 bits per heavy atom. The Morgan fingerprint density at radius 1 is 1.04 bits per heavy atom. The lowest BCUT2D eigenvalue weighted by atomic mass is 9.76. The van der Waals surface area contributed by atoms with Gasteiger partial charge in [-0.1, -0.05) is 43.3 Å². The van der Waals surface area contributed by atoms with Crippen LogP contribution < -0.4 is 20.1 Å². The van der Waals surface area contributed by atoms with Crippen molar-refractivity contribution in [2.45, 2.75) is 103 Å². The number of aromatic nitrogens is 1. The minimum atomic E-state index is -4.85. The number of nitrogens with one attached hydrogen (secondary N) is 2. The first-order valence-electron chi connectivity index (χ1n) is 16.4. The predicted octanol–water partition coefficient (Wildman–Crippen LogP) is 8.16. The van der Waals surface area contributed by atoms with E-state index in [9.17, 15) is 31.5 Å². The summed E-state index contributed by atoms with van der Waals surface area (Å²) < 4.78 is 95.8. The zero-order valence-electron chi connectivity index (χ0n) is 30.0. The fourth-order valence-electron chi connectivity index (χ4n) is 6.23. The summed E-state index contributed by atoms with van der Waals surface area (Å²) in [4.78, 5) is 30.1. The van der Waals surface area contributed by atoms with Crippen LogP contribution in [0.4, 0.5) is 26.7 Å². The van der Waals surface area contributed by atoms with Crippen molar-refractivity contribution in [1.82, 2.24) is 15.6 Å². The van der Waals surface area contributed by atoms with Crippen LogP contribution in [0.25, 0.3) is 0 Å². The molecule has 9 nitrogen and oxygen atoms in total.